The van der Waals surface area contributed by atoms with E-state index >= 15 is 0 Å². The number of carbonyl (C=O) groups excluding carboxylic acids is 1. The summed E-state index contributed by atoms with van der Waals surface area (Å²) in [6, 6.07) is 8.80. The number of anilines is 1. The number of rotatable bonds is 3. The normalized spacial score (nSPS) is 10.9. The lowest BCUT2D eigenvalue weighted by molar-refractivity contribution is 0.102. The minimum Gasteiger partial charge on any atom is -0.319 e. The maximum absolute atomic E-state index is 12.3. The molecule has 8 heteroatoms. The van der Waals surface area contributed by atoms with Crippen LogP contribution < -0.4 is 10.9 Å². The van der Waals surface area contributed by atoms with Crippen LogP contribution in [0.3, 0.4) is 0 Å². The first-order chi connectivity index (χ1) is 13.0. The molecule has 1 aromatic carbocycles. The summed E-state index contributed by atoms with van der Waals surface area (Å²) in [5.74, 6) is 0.349. The van der Waals surface area contributed by atoms with E-state index in [1.807, 2.05) is 25.1 Å². The molecule has 134 valence electrons. The number of thiazole rings is 1. The van der Waals surface area contributed by atoms with Gasteiger partial charge in [0.25, 0.3) is 11.5 Å². The number of aryl methyl sites for hydroxylation is 2. The predicted molar refractivity (Wildman–Crippen MR) is 105 cm³/mol. The number of fused-ring (bicyclic) bond motifs is 1. The van der Waals surface area contributed by atoms with Gasteiger partial charge in [0.2, 0.25) is 0 Å². The number of hydrogen-bond donors (Lipinski definition) is 1. The summed E-state index contributed by atoms with van der Waals surface area (Å²) in [5.41, 5.74) is 1.88. The number of hydrogen-bond acceptors (Lipinski definition) is 6. The van der Waals surface area contributed by atoms with Gasteiger partial charge in [-0.15, -0.1) is 0 Å². The summed E-state index contributed by atoms with van der Waals surface area (Å²) in [6.07, 6.45) is 5.06. The van der Waals surface area contributed by atoms with Crippen molar-refractivity contribution in [2.24, 2.45) is 7.05 Å². The van der Waals surface area contributed by atoms with Crippen LogP contribution in [0, 0.1) is 6.92 Å². The van der Waals surface area contributed by atoms with Crippen LogP contribution in [0.25, 0.3) is 21.3 Å². The Labute approximate surface area is 158 Å². The van der Waals surface area contributed by atoms with E-state index in [-0.39, 0.29) is 11.5 Å². The largest absolute Gasteiger partial charge is 0.319 e. The fourth-order valence-electron chi connectivity index (χ4n) is 2.59. The molecule has 1 amide bonds. The summed E-state index contributed by atoms with van der Waals surface area (Å²) in [5, 5.41) is 4.17. The van der Waals surface area contributed by atoms with Crippen molar-refractivity contribution < 1.29 is 4.79 Å². The van der Waals surface area contributed by atoms with E-state index in [1.54, 1.807) is 31.7 Å². The lowest BCUT2D eigenvalue weighted by atomic mass is 10.1. The fourth-order valence-corrected chi connectivity index (χ4v) is 3.40. The smallest absolute Gasteiger partial charge is 0.257 e. The zero-order valence-electron chi connectivity index (χ0n) is 14.6. The van der Waals surface area contributed by atoms with Gasteiger partial charge in [-0.2, -0.15) is 0 Å². The van der Waals surface area contributed by atoms with Crippen molar-refractivity contribution in [3.8, 4) is 10.4 Å². The molecule has 0 saturated carbocycles. The molecule has 1 N–H and O–H groups in total. The Morgan fingerprint density at radius 2 is 2.00 bits per heavy atom. The Bertz CT molecular complexity index is 1230. The molecule has 0 unspecified atom stereocenters. The highest BCUT2D eigenvalue weighted by molar-refractivity contribution is 7.19. The van der Waals surface area contributed by atoms with Gasteiger partial charge in [0.15, 0.2) is 5.13 Å². The first-order valence-corrected chi connectivity index (χ1v) is 8.99. The van der Waals surface area contributed by atoms with Gasteiger partial charge >= 0.3 is 0 Å². The van der Waals surface area contributed by atoms with Crippen LogP contribution in [-0.4, -0.2) is 25.4 Å². The van der Waals surface area contributed by atoms with E-state index in [9.17, 15) is 9.59 Å². The standard InChI is InChI=1S/C19H15N5O2S/c1-11-20-9-14-4-3-12(7-15(14)22-11)16-10-21-19(27-16)23-18(26)13-5-6-24(2)17(25)8-13/h3-10H,1-2H3,(H,21,23,26). The van der Waals surface area contributed by atoms with Gasteiger partial charge in [-0.3, -0.25) is 14.9 Å². The van der Waals surface area contributed by atoms with Gasteiger partial charge in [-0.1, -0.05) is 23.5 Å². The van der Waals surface area contributed by atoms with Crippen LogP contribution >= 0.6 is 11.3 Å². The molecule has 0 aliphatic heterocycles. The highest BCUT2D eigenvalue weighted by atomic mass is 32.1. The summed E-state index contributed by atoms with van der Waals surface area (Å²) in [6.45, 7) is 1.85. The van der Waals surface area contributed by atoms with Crippen LogP contribution in [0.1, 0.15) is 16.2 Å². The molecular weight excluding hydrogens is 362 g/mol. The van der Waals surface area contributed by atoms with Crippen molar-refractivity contribution in [3.05, 3.63) is 70.7 Å². The molecule has 0 aliphatic rings. The lowest BCUT2D eigenvalue weighted by Gasteiger charge is -2.03. The van der Waals surface area contributed by atoms with Crippen molar-refractivity contribution in [3.63, 3.8) is 0 Å². The molecule has 0 fully saturated rings. The Balaban J connectivity index is 1.58. The van der Waals surface area contributed by atoms with Gasteiger partial charge in [0, 0.05) is 42.7 Å². The van der Waals surface area contributed by atoms with E-state index in [0.717, 1.165) is 21.3 Å². The minimum absolute atomic E-state index is 0.240. The second-order valence-electron chi connectivity index (χ2n) is 6.04. The second-order valence-corrected chi connectivity index (χ2v) is 7.07. The Morgan fingerprint density at radius 1 is 1.15 bits per heavy atom. The molecule has 0 atom stereocenters. The maximum atomic E-state index is 12.3. The highest BCUT2D eigenvalue weighted by Gasteiger charge is 2.11. The molecule has 0 radical (unpaired) electrons. The van der Waals surface area contributed by atoms with E-state index in [0.29, 0.717) is 16.5 Å². The van der Waals surface area contributed by atoms with Crippen molar-refractivity contribution >= 4 is 33.3 Å². The molecule has 27 heavy (non-hydrogen) atoms. The Hall–Kier alpha value is -3.39. The molecule has 0 aliphatic carbocycles. The molecule has 4 rings (SSSR count). The second kappa shape index (κ2) is 6.73. The lowest BCUT2D eigenvalue weighted by Crippen LogP contribution is -2.19. The zero-order chi connectivity index (χ0) is 19.0. The third-order valence-corrected chi connectivity index (χ3v) is 5.04. The zero-order valence-corrected chi connectivity index (χ0v) is 15.4. The first-order valence-electron chi connectivity index (χ1n) is 8.17. The summed E-state index contributed by atoms with van der Waals surface area (Å²) in [4.78, 5) is 37.8. The van der Waals surface area contributed by atoms with Crippen molar-refractivity contribution in [1.82, 2.24) is 19.5 Å². The Kier molecular flexibility index (Phi) is 4.25. The van der Waals surface area contributed by atoms with Crippen molar-refractivity contribution in [2.45, 2.75) is 6.92 Å². The molecular formula is C19H15N5O2S. The number of carbonyl (C=O) groups is 1. The predicted octanol–water partition coefficient (Wildman–Crippen LogP) is 3.01. The molecule has 0 saturated heterocycles. The summed E-state index contributed by atoms with van der Waals surface area (Å²) < 4.78 is 1.41. The van der Waals surface area contributed by atoms with E-state index in [2.05, 4.69) is 20.3 Å². The monoisotopic (exact) mass is 377 g/mol. The van der Waals surface area contributed by atoms with Gasteiger partial charge in [-0.25, -0.2) is 15.0 Å². The van der Waals surface area contributed by atoms with E-state index in [1.165, 1.54) is 22.0 Å². The minimum atomic E-state index is -0.365. The van der Waals surface area contributed by atoms with Crippen molar-refractivity contribution in [2.75, 3.05) is 5.32 Å². The van der Waals surface area contributed by atoms with E-state index in [4.69, 9.17) is 0 Å². The summed E-state index contributed by atoms with van der Waals surface area (Å²) in [7, 11) is 1.63. The average Bonchev–Trinajstić information content (AvgIpc) is 3.11. The highest BCUT2D eigenvalue weighted by Crippen LogP contribution is 2.30. The molecule has 3 heterocycles. The van der Waals surface area contributed by atoms with Gasteiger partial charge < -0.3 is 4.57 Å². The van der Waals surface area contributed by atoms with Gasteiger partial charge in [-0.05, 0) is 24.6 Å². The van der Waals surface area contributed by atoms with Gasteiger partial charge in [0.1, 0.15) is 5.82 Å². The third-order valence-electron chi connectivity index (χ3n) is 4.08. The molecule has 3 aromatic heterocycles. The topological polar surface area (TPSA) is 89.8 Å². The number of pyridine rings is 1. The third kappa shape index (κ3) is 3.47. The molecule has 7 nitrogen and oxygen atoms in total. The first kappa shape index (κ1) is 17.0. The van der Waals surface area contributed by atoms with Crippen molar-refractivity contribution in [1.29, 1.82) is 0 Å². The van der Waals surface area contributed by atoms with Gasteiger partial charge in [0.05, 0.1) is 10.4 Å². The summed E-state index contributed by atoms with van der Waals surface area (Å²) >= 11 is 1.36. The SMILES string of the molecule is Cc1ncc2ccc(-c3cnc(NC(=O)c4ccn(C)c(=O)c4)s3)cc2n1. The van der Waals surface area contributed by atoms with E-state index < -0.39 is 0 Å². The molecule has 4 aromatic rings. The fraction of sp³-hybridized carbons (Fsp3) is 0.105. The molecule has 0 bridgehead atoms. The van der Waals surface area contributed by atoms with Crippen LogP contribution in [0.2, 0.25) is 0 Å². The van der Waals surface area contributed by atoms with Crippen LogP contribution in [0.15, 0.2) is 53.7 Å². The quantitative estimate of drug-likeness (QED) is 0.593. The van der Waals surface area contributed by atoms with Crippen LogP contribution in [0.4, 0.5) is 5.13 Å². The maximum Gasteiger partial charge on any atom is 0.257 e. The van der Waals surface area contributed by atoms with Crippen LogP contribution in [-0.2, 0) is 7.05 Å². The number of amides is 1. The number of nitrogens with zero attached hydrogens (tertiary/aromatic N) is 4. The molecule has 0 spiro atoms. The Morgan fingerprint density at radius 3 is 2.81 bits per heavy atom. The number of benzene rings is 1. The van der Waals surface area contributed by atoms with Crippen LogP contribution in [0.5, 0.6) is 0 Å². The number of nitrogens with one attached hydrogen (secondary N) is 1. The number of aromatic nitrogens is 4. The average molecular weight is 377 g/mol.